The molecule has 0 fully saturated rings. The van der Waals surface area contributed by atoms with Gasteiger partial charge in [-0.3, -0.25) is 0 Å². The SMILES string of the molecule is CSC(=S)N1CC=CCC1. The molecule has 56 valence electrons. The van der Waals surface area contributed by atoms with Crippen molar-refractivity contribution in [2.45, 2.75) is 6.42 Å². The summed E-state index contributed by atoms with van der Waals surface area (Å²) in [5, 5.41) is 0. The minimum Gasteiger partial charge on any atom is -0.354 e. The summed E-state index contributed by atoms with van der Waals surface area (Å²) >= 11 is 6.78. The molecule has 0 unspecified atom stereocenters. The van der Waals surface area contributed by atoms with E-state index < -0.39 is 0 Å². The maximum atomic E-state index is 5.13. The van der Waals surface area contributed by atoms with E-state index in [2.05, 4.69) is 17.1 Å². The van der Waals surface area contributed by atoms with Crippen molar-refractivity contribution in [1.29, 1.82) is 0 Å². The van der Waals surface area contributed by atoms with Crippen LogP contribution in [0.4, 0.5) is 0 Å². The predicted octanol–water partition coefficient (Wildman–Crippen LogP) is 1.90. The minimum absolute atomic E-state index is 1.000. The monoisotopic (exact) mass is 173 g/mol. The van der Waals surface area contributed by atoms with Gasteiger partial charge >= 0.3 is 0 Å². The summed E-state index contributed by atoms with van der Waals surface area (Å²) in [4.78, 5) is 2.22. The summed E-state index contributed by atoms with van der Waals surface area (Å²) < 4.78 is 1.02. The quantitative estimate of drug-likeness (QED) is 0.407. The molecular weight excluding hydrogens is 162 g/mol. The van der Waals surface area contributed by atoms with Crippen LogP contribution in [0.15, 0.2) is 12.2 Å². The summed E-state index contributed by atoms with van der Waals surface area (Å²) in [6.07, 6.45) is 7.55. The lowest BCUT2D eigenvalue weighted by molar-refractivity contribution is 0.470. The molecule has 0 radical (unpaired) electrons. The van der Waals surface area contributed by atoms with Crippen LogP contribution in [-0.4, -0.2) is 28.6 Å². The van der Waals surface area contributed by atoms with Crippen molar-refractivity contribution in [1.82, 2.24) is 4.90 Å². The molecule has 1 aliphatic rings. The van der Waals surface area contributed by atoms with Gasteiger partial charge in [0.2, 0.25) is 0 Å². The first-order chi connectivity index (χ1) is 4.84. The molecule has 0 N–H and O–H groups in total. The Hall–Kier alpha value is -0.0200. The normalized spacial score (nSPS) is 17.5. The third-order valence-electron chi connectivity index (χ3n) is 1.49. The van der Waals surface area contributed by atoms with Gasteiger partial charge in [-0.2, -0.15) is 0 Å². The van der Waals surface area contributed by atoms with Crippen molar-refractivity contribution < 1.29 is 0 Å². The standard InChI is InChI=1S/C7H11NS2/c1-10-7(9)8-5-3-2-4-6-8/h2-3H,4-6H2,1H3. The van der Waals surface area contributed by atoms with Crippen LogP contribution in [0.3, 0.4) is 0 Å². The number of hydrogen-bond donors (Lipinski definition) is 0. The maximum absolute atomic E-state index is 5.13. The molecule has 0 atom stereocenters. The highest BCUT2D eigenvalue weighted by atomic mass is 32.2. The van der Waals surface area contributed by atoms with Crippen molar-refractivity contribution in [3.8, 4) is 0 Å². The van der Waals surface area contributed by atoms with Crippen molar-refractivity contribution in [2.75, 3.05) is 19.3 Å². The lowest BCUT2D eigenvalue weighted by Gasteiger charge is -2.24. The molecule has 3 heteroatoms. The van der Waals surface area contributed by atoms with Gasteiger partial charge in [0.05, 0.1) is 0 Å². The Morgan fingerprint density at radius 3 is 2.90 bits per heavy atom. The Kier molecular flexibility index (Phi) is 3.22. The highest BCUT2D eigenvalue weighted by Crippen LogP contribution is 2.09. The number of hydrogen-bond acceptors (Lipinski definition) is 2. The van der Waals surface area contributed by atoms with Crippen LogP contribution in [0.1, 0.15) is 6.42 Å². The van der Waals surface area contributed by atoms with Crippen LogP contribution < -0.4 is 0 Å². The molecule has 0 spiro atoms. The van der Waals surface area contributed by atoms with E-state index in [1.807, 2.05) is 6.26 Å². The van der Waals surface area contributed by atoms with Gasteiger partial charge in [-0.25, -0.2) is 0 Å². The number of thioether (sulfide) groups is 1. The Morgan fingerprint density at radius 1 is 1.60 bits per heavy atom. The first-order valence-corrected chi connectivity index (χ1v) is 4.96. The molecule has 0 amide bonds. The van der Waals surface area contributed by atoms with Crippen LogP contribution in [0, 0.1) is 0 Å². The molecule has 10 heavy (non-hydrogen) atoms. The third-order valence-corrected chi connectivity index (χ3v) is 2.86. The third kappa shape index (κ3) is 1.99. The second kappa shape index (κ2) is 3.98. The van der Waals surface area contributed by atoms with Crippen LogP contribution in [-0.2, 0) is 0 Å². The highest BCUT2D eigenvalue weighted by Gasteiger charge is 2.07. The topological polar surface area (TPSA) is 3.24 Å². The zero-order chi connectivity index (χ0) is 7.40. The van der Waals surface area contributed by atoms with Gasteiger partial charge in [0.25, 0.3) is 0 Å². The lowest BCUT2D eigenvalue weighted by Crippen LogP contribution is -2.30. The fourth-order valence-electron chi connectivity index (χ4n) is 0.936. The highest BCUT2D eigenvalue weighted by molar-refractivity contribution is 8.22. The van der Waals surface area contributed by atoms with Crippen molar-refractivity contribution in [3.63, 3.8) is 0 Å². The molecule has 0 aromatic carbocycles. The molecule has 1 rings (SSSR count). The van der Waals surface area contributed by atoms with Gasteiger partial charge < -0.3 is 4.90 Å². The molecule has 0 bridgehead atoms. The molecule has 0 aliphatic carbocycles. The zero-order valence-corrected chi connectivity index (χ0v) is 7.67. The second-order valence-corrected chi connectivity index (χ2v) is 3.62. The van der Waals surface area contributed by atoms with Gasteiger partial charge in [0.15, 0.2) is 0 Å². The van der Waals surface area contributed by atoms with Crippen molar-refractivity contribution in [2.24, 2.45) is 0 Å². The van der Waals surface area contributed by atoms with Crippen molar-refractivity contribution >= 4 is 28.3 Å². The van der Waals surface area contributed by atoms with E-state index in [9.17, 15) is 0 Å². The van der Waals surface area contributed by atoms with Gasteiger partial charge in [0, 0.05) is 13.1 Å². The molecule has 1 aliphatic heterocycles. The molecule has 0 aromatic heterocycles. The Labute approximate surface area is 71.5 Å². The molecule has 0 saturated carbocycles. The number of thiocarbonyl (C=S) groups is 1. The molecular formula is C7H11NS2. The first kappa shape index (κ1) is 8.08. The van der Waals surface area contributed by atoms with E-state index in [4.69, 9.17) is 12.2 Å². The summed E-state index contributed by atoms with van der Waals surface area (Å²) in [5.41, 5.74) is 0. The largest absolute Gasteiger partial charge is 0.354 e. The fourth-order valence-corrected chi connectivity index (χ4v) is 1.53. The molecule has 0 aromatic rings. The average Bonchev–Trinajstić information content (AvgIpc) is 2.05. The van der Waals surface area contributed by atoms with Gasteiger partial charge in [-0.05, 0) is 12.7 Å². The summed E-state index contributed by atoms with van der Waals surface area (Å²) in [6.45, 7) is 2.09. The van der Waals surface area contributed by atoms with Crippen molar-refractivity contribution in [3.05, 3.63) is 12.2 Å². The predicted molar refractivity (Wildman–Crippen MR) is 51.4 cm³/mol. The Balaban J connectivity index is 2.41. The fraction of sp³-hybridized carbons (Fsp3) is 0.571. The maximum Gasteiger partial charge on any atom is 0.136 e. The molecule has 1 heterocycles. The molecule has 0 saturated heterocycles. The molecule has 1 nitrogen and oxygen atoms in total. The van der Waals surface area contributed by atoms with Crippen LogP contribution in [0.25, 0.3) is 0 Å². The Morgan fingerprint density at radius 2 is 2.40 bits per heavy atom. The second-order valence-electron chi connectivity index (χ2n) is 2.18. The minimum atomic E-state index is 1.000. The summed E-state index contributed by atoms with van der Waals surface area (Å²) in [7, 11) is 0. The smallest absolute Gasteiger partial charge is 0.136 e. The van der Waals surface area contributed by atoms with E-state index in [-0.39, 0.29) is 0 Å². The average molecular weight is 173 g/mol. The number of nitrogens with zero attached hydrogens (tertiary/aromatic N) is 1. The van der Waals surface area contributed by atoms with Crippen LogP contribution in [0.2, 0.25) is 0 Å². The van der Waals surface area contributed by atoms with E-state index in [1.54, 1.807) is 11.8 Å². The lowest BCUT2D eigenvalue weighted by atomic mass is 10.3. The van der Waals surface area contributed by atoms with E-state index in [0.29, 0.717) is 0 Å². The summed E-state index contributed by atoms with van der Waals surface area (Å²) in [6, 6.07) is 0. The van der Waals surface area contributed by atoms with E-state index in [0.717, 1.165) is 23.8 Å². The zero-order valence-electron chi connectivity index (χ0n) is 6.04. The van der Waals surface area contributed by atoms with Crippen LogP contribution in [0.5, 0.6) is 0 Å². The summed E-state index contributed by atoms with van der Waals surface area (Å²) in [5.74, 6) is 0. The van der Waals surface area contributed by atoms with Gasteiger partial charge in [-0.15, -0.1) is 11.8 Å². The Bertz CT molecular complexity index is 154. The first-order valence-electron chi connectivity index (χ1n) is 3.32. The van der Waals surface area contributed by atoms with Gasteiger partial charge in [0.1, 0.15) is 4.32 Å². The van der Waals surface area contributed by atoms with E-state index >= 15 is 0 Å². The van der Waals surface area contributed by atoms with Crippen LogP contribution >= 0.6 is 24.0 Å². The number of rotatable bonds is 0. The van der Waals surface area contributed by atoms with Gasteiger partial charge in [-0.1, -0.05) is 24.4 Å². The van der Waals surface area contributed by atoms with E-state index in [1.165, 1.54) is 0 Å².